The van der Waals surface area contributed by atoms with Crippen LogP contribution in [-0.4, -0.2) is 0 Å². The van der Waals surface area contributed by atoms with Gasteiger partial charge in [-0.25, -0.2) is 0 Å². The molecule has 0 bridgehead atoms. The van der Waals surface area contributed by atoms with Crippen LogP contribution in [0.5, 0.6) is 0 Å². The van der Waals surface area contributed by atoms with Crippen molar-refractivity contribution in [3.8, 4) is 0 Å². The zero-order valence-electron chi connectivity index (χ0n) is 13.1. The molecule has 0 aromatic rings. The normalized spacial score (nSPS) is 23.4. The van der Waals surface area contributed by atoms with E-state index in [1.54, 1.807) is 0 Å². The zero-order chi connectivity index (χ0) is 13.9. The van der Waals surface area contributed by atoms with Crippen LogP contribution in [0, 0.1) is 11.8 Å². The van der Waals surface area contributed by atoms with Crippen molar-refractivity contribution < 1.29 is 41.6 Å². The largest absolute Gasteiger partial charge is 1.00 e. The van der Waals surface area contributed by atoms with E-state index < -0.39 is 29.2 Å². The van der Waals surface area contributed by atoms with Crippen molar-refractivity contribution in [3.05, 3.63) is 48.6 Å². The van der Waals surface area contributed by atoms with Gasteiger partial charge in [0.1, 0.15) is 0 Å². The molecule has 0 aromatic heterocycles. The Hall–Kier alpha value is 0.354. The van der Waals surface area contributed by atoms with Crippen molar-refractivity contribution in [1.29, 1.82) is 0 Å². The molecule has 0 fully saturated rings. The van der Waals surface area contributed by atoms with Gasteiger partial charge in [0, 0.05) is 0 Å². The number of halogens is 1. The molecule has 0 spiro atoms. The Balaban J connectivity index is 0.00000200. The minimum absolute atomic E-state index is 0. The van der Waals surface area contributed by atoms with E-state index in [0.717, 1.165) is 11.8 Å². The van der Waals surface area contributed by atoms with Crippen LogP contribution in [0.3, 0.4) is 0 Å². The van der Waals surface area contributed by atoms with Crippen molar-refractivity contribution in [2.75, 3.05) is 0 Å². The molecule has 2 aliphatic carbocycles. The number of hydrogen-bond donors (Lipinski definition) is 0. The molecule has 20 heavy (non-hydrogen) atoms. The Labute approximate surface area is 146 Å². The Morgan fingerprint density at radius 1 is 0.750 bits per heavy atom. The fourth-order valence-corrected chi connectivity index (χ4v) is 10.00. The summed E-state index contributed by atoms with van der Waals surface area (Å²) < 4.78 is 0.874. The first kappa shape index (κ1) is 18.4. The van der Waals surface area contributed by atoms with Crippen molar-refractivity contribution in [2.24, 2.45) is 11.8 Å². The number of rotatable bonds is 6. The maximum Gasteiger partial charge on any atom is -1.00 e. The van der Waals surface area contributed by atoms with Crippen LogP contribution in [0.1, 0.15) is 40.5 Å². The fraction of sp³-hybridized carbons (Fsp3) is 0.556. The third kappa shape index (κ3) is 3.39. The third-order valence-electron chi connectivity index (χ3n) is 5.19. The predicted molar refractivity (Wildman–Crippen MR) is 80.9 cm³/mol. The second-order valence-corrected chi connectivity index (χ2v) is 11.8. The van der Waals surface area contributed by atoms with Gasteiger partial charge in [-0.1, -0.05) is 0 Å². The molecule has 0 aliphatic heterocycles. The summed E-state index contributed by atoms with van der Waals surface area (Å²) in [5.74, 6) is 1.57. The van der Waals surface area contributed by atoms with E-state index in [1.165, 1.54) is 12.8 Å². The maximum atomic E-state index is 2.52. The summed E-state index contributed by atoms with van der Waals surface area (Å²) in [6, 6.07) is 0. The SMILES string of the molecule is CCC(C)[C]1([Y+][C]2(C(C)CC)C=CC=C2)C=CC=C1.[Cl-]. The summed E-state index contributed by atoms with van der Waals surface area (Å²) in [5.41, 5.74) is 0. The van der Waals surface area contributed by atoms with E-state index in [1.807, 2.05) is 0 Å². The first-order valence-corrected chi connectivity index (χ1v) is 10.5. The predicted octanol–water partition coefficient (Wildman–Crippen LogP) is 2.73. The molecule has 0 aromatic carbocycles. The zero-order valence-corrected chi connectivity index (χ0v) is 16.7. The molecular formula is C18H26ClY. The average molecular weight is 367 g/mol. The van der Waals surface area contributed by atoms with Crippen LogP contribution < -0.4 is 12.4 Å². The van der Waals surface area contributed by atoms with Gasteiger partial charge in [0.05, 0.1) is 0 Å². The summed E-state index contributed by atoms with van der Waals surface area (Å²) in [6.07, 6.45) is 21.8. The van der Waals surface area contributed by atoms with Gasteiger partial charge in [-0.15, -0.1) is 0 Å². The Morgan fingerprint density at radius 3 is 1.30 bits per heavy atom. The second kappa shape index (κ2) is 7.57. The maximum absolute atomic E-state index is 2.52. The van der Waals surface area contributed by atoms with Crippen LogP contribution in [-0.2, 0) is 29.2 Å². The molecule has 108 valence electrons. The van der Waals surface area contributed by atoms with Gasteiger partial charge < -0.3 is 12.4 Å². The van der Waals surface area contributed by atoms with E-state index in [9.17, 15) is 0 Å². The van der Waals surface area contributed by atoms with Crippen molar-refractivity contribution in [1.82, 2.24) is 0 Å². The first-order valence-electron chi connectivity index (χ1n) is 7.69. The average Bonchev–Trinajstić information content (AvgIpc) is 3.08. The van der Waals surface area contributed by atoms with Crippen molar-refractivity contribution in [2.45, 2.75) is 45.0 Å². The Morgan fingerprint density at radius 2 is 1.05 bits per heavy atom. The summed E-state index contributed by atoms with van der Waals surface area (Å²) >= 11 is -0.875. The van der Waals surface area contributed by atoms with Crippen LogP contribution >= 0.6 is 0 Å². The third-order valence-corrected chi connectivity index (χ3v) is 12.3. The topological polar surface area (TPSA) is 0 Å². The number of allylic oxidation sites excluding steroid dienone is 8. The summed E-state index contributed by atoms with van der Waals surface area (Å²) in [7, 11) is 0. The van der Waals surface area contributed by atoms with Gasteiger partial charge in [0.25, 0.3) is 0 Å². The monoisotopic (exact) mass is 366 g/mol. The molecule has 0 heterocycles. The minimum atomic E-state index is -0.875. The van der Waals surface area contributed by atoms with Crippen LogP contribution in [0.15, 0.2) is 48.6 Å². The van der Waals surface area contributed by atoms with Crippen LogP contribution in [0.25, 0.3) is 0 Å². The van der Waals surface area contributed by atoms with E-state index in [4.69, 9.17) is 0 Å². The van der Waals surface area contributed by atoms with Gasteiger partial charge in [-0.3, -0.25) is 0 Å². The van der Waals surface area contributed by atoms with Gasteiger partial charge in [0.15, 0.2) is 0 Å². The molecule has 0 saturated heterocycles. The molecule has 0 saturated carbocycles. The summed E-state index contributed by atoms with van der Waals surface area (Å²) in [5, 5.41) is 0. The first-order chi connectivity index (χ1) is 9.08. The van der Waals surface area contributed by atoms with Gasteiger partial charge in [-0.2, -0.15) is 0 Å². The molecular weight excluding hydrogens is 341 g/mol. The quantitative estimate of drug-likeness (QED) is 0.678. The summed E-state index contributed by atoms with van der Waals surface area (Å²) in [6.45, 7) is 9.56. The molecule has 2 atom stereocenters. The van der Waals surface area contributed by atoms with Crippen molar-refractivity contribution >= 4 is 0 Å². The minimum Gasteiger partial charge on any atom is -1.00 e. The smallest absolute Gasteiger partial charge is 1.00 e. The standard InChI is InChI=1S/2C9H13.ClH.Y/c2*1-3-8(2)9-6-4-5-7-9;;/h2*4-8H,3H2,1-2H3;1H;/q;;;+1/p-1. The van der Waals surface area contributed by atoms with Crippen LogP contribution in [0.4, 0.5) is 0 Å². The Kier molecular flexibility index (Phi) is 6.96. The van der Waals surface area contributed by atoms with E-state index in [0.29, 0.717) is 4.45 Å². The molecule has 0 nitrogen and oxygen atoms in total. The molecule has 0 N–H and O–H groups in total. The second-order valence-electron chi connectivity index (χ2n) is 6.20. The fourth-order valence-electron chi connectivity index (χ4n) is 3.27. The van der Waals surface area contributed by atoms with Crippen LogP contribution in [0.2, 0.25) is 4.45 Å². The molecule has 2 rings (SSSR count). The van der Waals surface area contributed by atoms with Gasteiger partial charge >= 0.3 is 135 Å². The van der Waals surface area contributed by atoms with E-state index in [-0.39, 0.29) is 12.4 Å². The number of hydrogen-bond acceptors (Lipinski definition) is 0. The molecule has 0 radical (unpaired) electrons. The van der Waals surface area contributed by atoms with Gasteiger partial charge in [-0.05, 0) is 0 Å². The molecule has 2 heteroatoms. The van der Waals surface area contributed by atoms with E-state index in [2.05, 4.69) is 76.3 Å². The Bertz CT molecular complexity index is 367. The molecule has 0 amide bonds. The van der Waals surface area contributed by atoms with Gasteiger partial charge in [0.2, 0.25) is 0 Å². The van der Waals surface area contributed by atoms with Crippen molar-refractivity contribution in [3.63, 3.8) is 0 Å². The molecule has 2 unspecified atom stereocenters. The molecule has 2 aliphatic rings. The summed E-state index contributed by atoms with van der Waals surface area (Å²) in [4.78, 5) is 0. The van der Waals surface area contributed by atoms with E-state index >= 15 is 0 Å².